The molecule has 0 saturated carbocycles. The molecule has 120 valence electrons. The van der Waals surface area contributed by atoms with Gasteiger partial charge in [-0.1, -0.05) is 18.2 Å². The van der Waals surface area contributed by atoms with Crippen LogP contribution in [0.15, 0.2) is 24.3 Å². The lowest BCUT2D eigenvalue weighted by molar-refractivity contribution is -0.119. The summed E-state index contributed by atoms with van der Waals surface area (Å²) in [7, 11) is -4.13. The van der Waals surface area contributed by atoms with Gasteiger partial charge >= 0.3 is 7.60 Å². The van der Waals surface area contributed by atoms with Crippen molar-refractivity contribution in [3.05, 3.63) is 29.8 Å². The molecule has 0 aromatic heterocycles. The summed E-state index contributed by atoms with van der Waals surface area (Å²) in [4.78, 5) is 12.8. The Morgan fingerprint density at radius 3 is 2.30 bits per heavy atom. The molecule has 0 spiro atoms. The topological polar surface area (TPSA) is 112 Å². The van der Waals surface area contributed by atoms with E-state index in [0.29, 0.717) is 5.69 Å². The number of nitriles is 2. The Hall–Kier alpha value is -2.18. The van der Waals surface area contributed by atoms with Gasteiger partial charge in [0.2, 0.25) is 11.1 Å². The van der Waals surface area contributed by atoms with Crippen molar-refractivity contribution in [2.45, 2.75) is 19.0 Å². The molecular weight excluding hydrogens is 317 g/mol. The maximum absolute atomic E-state index is 13.5. The number of nitrogens with zero attached hydrogens (tertiary/aromatic N) is 2. The number of nitrogens with one attached hydrogen (secondary N) is 1. The van der Waals surface area contributed by atoms with E-state index >= 15 is 0 Å². The number of carbonyl (C=O) groups excluding carboxylic acids is 1. The van der Waals surface area contributed by atoms with Gasteiger partial charge in [-0.3, -0.25) is 9.36 Å². The molecule has 1 atom stereocenters. The number of anilines is 1. The summed E-state index contributed by atoms with van der Waals surface area (Å²) >= 11 is 0. The Morgan fingerprint density at radius 1 is 1.22 bits per heavy atom. The number of rotatable bonds is 6. The van der Waals surface area contributed by atoms with E-state index in [0.717, 1.165) is 0 Å². The van der Waals surface area contributed by atoms with Crippen LogP contribution in [0.2, 0.25) is 0 Å². The van der Waals surface area contributed by atoms with Crippen LogP contribution in [0.5, 0.6) is 0 Å². The van der Waals surface area contributed by atoms with E-state index in [2.05, 4.69) is 5.32 Å². The molecule has 1 aliphatic heterocycles. The van der Waals surface area contributed by atoms with Crippen molar-refractivity contribution in [1.82, 2.24) is 0 Å². The van der Waals surface area contributed by atoms with Crippen molar-refractivity contribution < 1.29 is 18.4 Å². The fraction of sp³-hybridized carbons (Fsp3) is 0.400. The van der Waals surface area contributed by atoms with Crippen LogP contribution in [-0.2, 0) is 23.6 Å². The molecule has 1 N–H and O–H groups in total. The van der Waals surface area contributed by atoms with Crippen molar-refractivity contribution in [3.8, 4) is 12.1 Å². The molecule has 0 radical (unpaired) electrons. The molecule has 0 saturated heterocycles. The zero-order valence-electron chi connectivity index (χ0n) is 12.8. The predicted octanol–water partition coefficient (Wildman–Crippen LogP) is 2.76. The lowest BCUT2D eigenvalue weighted by Crippen LogP contribution is -2.42. The second kappa shape index (κ2) is 6.52. The molecule has 0 unspecified atom stereocenters. The summed E-state index contributed by atoms with van der Waals surface area (Å²) in [5.41, 5.74) is 0.677. The Morgan fingerprint density at radius 2 is 1.78 bits per heavy atom. The summed E-state index contributed by atoms with van der Waals surface area (Å²) in [6.07, 6.45) is 0. The zero-order valence-corrected chi connectivity index (χ0v) is 13.7. The number of hydrogen-bond acceptors (Lipinski definition) is 6. The van der Waals surface area contributed by atoms with Gasteiger partial charge < -0.3 is 14.4 Å². The van der Waals surface area contributed by atoms with Crippen molar-refractivity contribution in [2.24, 2.45) is 5.92 Å². The average molecular weight is 333 g/mol. The summed E-state index contributed by atoms with van der Waals surface area (Å²) in [6.45, 7) is 3.23. The largest absolute Gasteiger partial charge is 0.353 e. The van der Waals surface area contributed by atoms with E-state index in [1.54, 1.807) is 50.3 Å². The maximum Gasteiger partial charge on any atom is 0.353 e. The molecule has 8 heteroatoms. The minimum absolute atomic E-state index is 0.0120. The lowest BCUT2D eigenvalue weighted by atomic mass is 9.87. The summed E-state index contributed by atoms with van der Waals surface area (Å²) in [6, 6.07) is 10.0. The van der Waals surface area contributed by atoms with Gasteiger partial charge in [0.1, 0.15) is 0 Å². The van der Waals surface area contributed by atoms with Gasteiger partial charge in [0.05, 0.1) is 25.4 Å². The SMILES string of the molecule is CCOP(=O)(OCC)[C@]1(C(C#N)C#N)C(=O)Nc2ccccc21. The molecule has 1 aromatic rings. The summed E-state index contributed by atoms with van der Waals surface area (Å²) in [5.74, 6) is -2.24. The molecule has 1 amide bonds. The van der Waals surface area contributed by atoms with Crippen molar-refractivity contribution >= 4 is 19.2 Å². The Kier molecular flexibility index (Phi) is 4.87. The highest BCUT2D eigenvalue weighted by Gasteiger charge is 2.67. The number of para-hydroxylation sites is 1. The van der Waals surface area contributed by atoms with Crippen molar-refractivity contribution in [1.29, 1.82) is 10.5 Å². The minimum Gasteiger partial charge on any atom is -0.324 e. The molecule has 0 bridgehead atoms. The highest BCUT2D eigenvalue weighted by Crippen LogP contribution is 2.70. The predicted molar refractivity (Wildman–Crippen MR) is 82.3 cm³/mol. The first-order chi connectivity index (χ1) is 11.0. The van der Waals surface area contributed by atoms with Gasteiger partial charge in [-0.2, -0.15) is 10.5 Å². The minimum atomic E-state index is -4.13. The third kappa shape index (κ3) is 2.34. The van der Waals surface area contributed by atoms with Crippen LogP contribution in [0.1, 0.15) is 19.4 Å². The van der Waals surface area contributed by atoms with Gasteiger partial charge in [-0.05, 0) is 19.9 Å². The van der Waals surface area contributed by atoms with Crippen molar-refractivity contribution in [3.63, 3.8) is 0 Å². The molecule has 0 aliphatic carbocycles. The molecule has 7 nitrogen and oxygen atoms in total. The summed E-state index contributed by atoms with van der Waals surface area (Å²) < 4.78 is 24.1. The van der Waals surface area contributed by atoms with Crippen LogP contribution in [0.25, 0.3) is 0 Å². The lowest BCUT2D eigenvalue weighted by Gasteiger charge is -2.34. The smallest absolute Gasteiger partial charge is 0.324 e. The van der Waals surface area contributed by atoms with E-state index in [-0.39, 0.29) is 18.8 Å². The van der Waals surface area contributed by atoms with Crippen molar-refractivity contribution in [2.75, 3.05) is 18.5 Å². The molecule has 2 rings (SSSR count). The summed E-state index contributed by atoms with van der Waals surface area (Å²) in [5, 5.41) is 19.4. The number of amides is 1. The second-order valence-corrected chi connectivity index (χ2v) is 7.01. The number of benzene rings is 1. The normalized spacial score (nSPS) is 19.8. The van der Waals surface area contributed by atoms with E-state index in [9.17, 15) is 19.9 Å². The second-order valence-electron chi connectivity index (χ2n) is 4.79. The highest BCUT2D eigenvalue weighted by molar-refractivity contribution is 7.56. The van der Waals surface area contributed by atoms with Crippen LogP contribution in [0.4, 0.5) is 5.69 Å². The molecule has 1 aromatic carbocycles. The van der Waals surface area contributed by atoms with Crippen LogP contribution in [0, 0.1) is 28.6 Å². The standard InChI is InChI=1S/C15H16N3O4P/c1-3-21-23(20,22-4-2)15(11(9-16)10-17)12-7-5-6-8-13(12)18-14(15)19/h5-8,11H,3-4H2,1-2H3,(H,18,19)/t15-/m0/s1. The molecular formula is C15H16N3O4P. The monoisotopic (exact) mass is 333 g/mol. The van der Waals surface area contributed by atoms with Gasteiger partial charge in [0.15, 0.2) is 5.92 Å². The molecule has 0 fully saturated rings. The van der Waals surface area contributed by atoms with Crippen LogP contribution in [0.3, 0.4) is 0 Å². The fourth-order valence-electron chi connectivity index (χ4n) is 2.78. The first-order valence-electron chi connectivity index (χ1n) is 7.11. The third-order valence-electron chi connectivity index (χ3n) is 3.64. The van der Waals surface area contributed by atoms with Gasteiger partial charge in [-0.15, -0.1) is 0 Å². The van der Waals surface area contributed by atoms with E-state index in [1.165, 1.54) is 0 Å². The Balaban J connectivity index is 2.84. The Bertz CT molecular complexity index is 728. The highest BCUT2D eigenvalue weighted by atomic mass is 31.2. The molecule has 1 aliphatic rings. The molecule has 23 heavy (non-hydrogen) atoms. The number of carbonyl (C=O) groups is 1. The number of fused-ring (bicyclic) bond motifs is 1. The van der Waals surface area contributed by atoms with Crippen LogP contribution in [-0.4, -0.2) is 19.1 Å². The van der Waals surface area contributed by atoms with Crippen LogP contribution < -0.4 is 5.32 Å². The van der Waals surface area contributed by atoms with Gasteiger partial charge in [0, 0.05) is 11.3 Å². The fourth-order valence-corrected chi connectivity index (χ4v) is 5.17. The maximum atomic E-state index is 13.5. The zero-order chi connectivity index (χ0) is 17.1. The third-order valence-corrected chi connectivity index (χ3v) is 6.40. The molecule has 1 heterocycles. The van der Waals surface area contributed by atoms with Gasteiger partial charge in [-0.25, -0.2) is 0 Å². The Labute approximate surface area is 134 Å². The first kappa shape index (κ1) is 17.2. The first-order valence-corrected chi connectivity index (χ1v) is 8.65. The average Bonchev–Trinajstić information content (AvgIpc) is 2.83. The van der Waals surface area contributed by atoms with E-state index < -0.39 is 24.6 Å². The van der Waals surface area contributed by atoms with Crippen LogP contribution >= 0.6 is 7.60 Å². The number of hydrogen-bond donors (Lipinski definition) is 1. The van der Waals surface area contributed by atoms with E-state index in [1.807, 2.05) is 0 Å². The van der Waals surface area contributed by atoms with Gasteiger partial charge in [0.25, 0.3) is 0 Å². The van der Waals surface area contributed by atoms with E-state index in [4.69, 9.17) is 9.05 Å². The quantitative estimate of drug-likeness (QED) is 0.801.